The molecule has 0 saturated carbocycles. The molecule has 2 aromatic heterocycles. The number of hydrogen-bond acceptors (Lipinski definition) is 4. The third-order valence-corrected chi connectivity index (χ3v) is 2.89. The third-order valence-electron chi connectivity index (χ3n) is 2.89. The van der Waals surface area contributed by atoms with Crippen molar-refractivity contribution >= 4 is 11.7 Å². The summed E-state index contributed by atoms with van der Waals surface area (Å²) >= 11 is 0. The quantitative estimate of drug-likeness (QED) is 0.802. The number of carbonyl (C=O) groups is 1. The molecule has 6 nitrogen and oxygen atoms in total. The van der Waals surface area contributed by atoms with Crippen molar-refractivity contribution in [1.82, 2.24) is 19.9 Å². The van der Waals surface area contributed by atoms with Gasteiger partial charge >= 0.3 is 0 Å². The largest absolute Gasteiger partial charge is 0.362 e. The molecule has 0 radical (unpaired) electrons. The summed E-state index contributed by atoms with van der Waals surface area (Å²) in [5.41, 5.74) is 0.597. The van der Waals surface area contributed by atoms with Crippen molar-refractivity contribution in [3.63, 3.8) is 0 Å². The van der Waals surface area contributed by atoms with Gasteiger partial charge < -0.3 is 14.8 Å². The Hall–Kier alpha value is -2.37. The van der Waals surface area contributed by atoms with Crippen molar-refractivity contribution in [1.29, 1.82) is 0 Å². The van der Waals surface area contributed by atoms with Crippen molar-refractivity contribution in [3.8, 4) is 0 Å². The smallest absolute Gasteiger partial charge is 0.255 e. The molecular weight excluding hydrogens is 254 g/mol. The summed E-state index contributed by atoms with van der Waals surface area (Å²) in [4.78, 5) is 22.2. The van der Waals surface area contributed by atoms with Gasteiger partial charge in [0.1, 0.15) is 5.82 Å². The summed E-state index contributed by atoms with van der Waals surface area (Å²) in [5, 5.41) is 2.92. The molecule has 0 aromatic carbocycles. The van der Waals surface area contributed by atoms with Crippen LogP contribution in [0.1, 0.15) is 16.8 Å². The zero-order valence-electron chi connectivity index (χ0n) is 11.8. The van der Waals surface area contributed by atoms with Crippen molar-refractivity contribution in [2.24, 2.45) is 0 Å². The number of pyridine rings is 1. The summed E-state index contributed by atoms with van der Waals surface area (Å²) in [6.07, 6.45) is 7.97. The van der Waals surface area contributed by atoms with Gasteiger partial charge in [0.2, 0.25) is 0 Å². The molecule has 1 N–H and O–H groups in total. The van der Waals surface area contributed by atoms with Crippen molar-refractivity contribution < 1.29 is 4.79 Å². The topological polar surface area (TPSA) is 63.1 Å². The second-order valence-electron chi connectivity index (χ2n) is 4.68. The van der Waals surface area contributed by atoms with Crippen LogP contribution in [0.25, 0.3) is 0 Å². The van der Waals surface area contributed by atoms with Gasteiger partial charge in [0.15, 0.2) is 0 Å². The normalized spacial score (nSPS) is 10.3. The van der Waals surface area contributed by atoms with Crippen LogP contribution in [-0.2, 0) is 6.54 Å². The summed E-state index contributed by atoms with van der Waals surface area (Å²) in [5.74, 6) is 0.590. The number of aromatic nitrogens is 3. The molecular formula is C14H19N5O. The molecule has 2 rings (SSSR count). The lowest BCUT2D eigenvalue weighted by Crippen LogP contribution is -2.27. The van der Waals surface area contributed by atoms with E-state index in [4.69, 9.17) is 0 Å². The second kappa shape index (κ2) is 6.70. The predicted molar refractivity (Wildman–Crippen MR) is 77.7 cm³/mol. The van der Waals surface area contributed by atoms with Crippen LogP contribution in [-0.4, -0.2) is 41.1 Å². The minimum absolute atomic E-state index is 0.0903. The van der Waals surface area contributed by atoms with E-state index in [0.29, 0.717) is 17.9 Å². The number of hydrogen-bond donors (Lipinski definition) is 1. The lowest BCUT2D eigenvalue weighted by molar-refractivity contribution is 0.0953. The Bertz CT molecular complexity index is 550. The summed E-state index contributed by atoms with van der Waals surface area (Å²) in [6, 6.07) is 3.56. The Balaban J connectivity index is 1.86. The highest BCUT2D eigenvalue weighted by Crippen LogP contribution is 2.13. The van der Waals surface area contributed by atoms with E-state index in [1.807, 2.05) is 29.8 Å². The molecule has 0 bridgehead atoms. The van der Waals surface area contributed by atoms with Crippen LogP contribution in [0.15, 0.2) is 37.1 Å². The first kappa shape index (κ1) is 14.0. The van der Waals surface area contributed by atoms with E-state index >= 15 is 0 Å². The van der Waals surface area contributed by atoms with E-state index in [0.717, 1.165) is 13.0 Å². The molecule has 2 aromatic rings. The van der Waals surface area contributed by atoms with E-state index in [1.54, 1.807) is 30.9 Å². The number of nitrogens with zero attached hydrogens (tertiary/aromatic N) is 4. The minimum Gasteiger partial charge on any atom is -0.362 e. The van der Waals surface area contributed by atoms with Crippen LogP contribution >= 0.6 is 0 Å². The van der Waals surface area contributed by atoms with Crippen LogP contribution in [0, 0.1) is 0 Å². The molecule has 0 aliphatic carbocycles. The molecule has 0 spiro atoms. The maximum absolute atomic E-state index is 12.1. The number of amides is 1. The van der Waals surface area contributed by atoms with Gasteiger partial charge in [-0.3, -0.25) is 4.79 Å². The van der Waals surface area contributed by atoms with E-state index in [-0.39, 0.29) is 5.91 Å². The fraction of sp³-hybridized carbons (Fsp3) is 0.357. The molecule has 0 aliphatic heterocycles. The standard InChI is InChI=1S/C14H19N5O/c1-18(2)13-12(5-3-6-16-13)14(20)17-7-4-9-19-10-8-15-11-19/h3,5-6,8,10-11H,4,7,9H2,1-2H3,(H,17,20). The zero-order valence-corrected chi connectivity index (χ0v) is 11.8. The van der Waals surface area contributed by atoms with Crippen LogP contribution in [0.4, 0.5) is 5.82 Å². The van der Waals surface area contributed by atoms with Crippen LogP contribution in [0.3, 0.4) is 0 Å². The highest BCUT2D eigenvalue weighted by atomic mass is 16.1. The highest BCUT2D eigenvalue weighted by molar-refractivity contribution is 5.98. The first-order chi connectivity index (χ1) is 9.68. The lowest BCUT2D eigenvalue weighted by Gasteiger charge is -2.15. The zero-order chi connectivity index (χ0) is 14.4. The van der Waals surface area contributed by atoms with Crippen LogP contribution in [0.5, 0.6) is 0 Å². The fourth-order valence-electron chi connectivity index (χ4n) is 1.91. The van der Waals surface area contributed by atoms with E-state index < -0.39 is 0 Å². The Morgan fingerprint density at radius 2 is 2.25 bits per heavy atom. The third kappa shape index (κ3) is 3.57. The first-order valence-electron chi connectivity index (χ1n) is 6.55. The van der Waals surface area contributed by atoms with E-state index in [1.165, 1.54) is 0 Å². The van der Waals surface area contributed by atoms with Crippen LogP contribution < -0.4 is 10.2 Å². The highest BCUT2D eigenvalue weighted by Gasteiger charge is 2.12. The van der Waals surface area contributed by atoms with Gasteiger partial charge in [-0.2, -0.15) is 0 Å². The second-order valence-corrected chi connectivity index (χ2v) is 4.68. The van der Waals surface area contributed by atoms with Crippen molar-refractivity contribution in [2.75, 3.05) is 25.5 Å². The minimum atomic E-state index is -0.0903. The average molecular weight is 273 g/mol. The Morgan fingerprint density at radius 3 is 2.95 bits per heavy atom. The predicted octanol–water partition coefficient (Wildman–Crippen LogP) is 1.16. The number of aryl methyl sites for hydroxylation is 1. The Morgan fingerprint density at radius 1 is 1.40 bits per heavy atom. The van der Waals surface area contributed by atoms with Crippen molar-refractivity contribution in [3.05, 3.63) is 42.6 Å². The molecule has 0 atom stereocenters. The van der Waals surface area contributed by atoms with Gasteiger partial charge in [-0.05, 0) is 18.6 Å². The number of imidazole rings is 1. The maximum atomic E-state index is 12.1. The maximum Gasteiger partial charge on any atom is 0.255 e. The first-order valence-corrected chi connectivity index (χ1v) is 6.55. The van der Waals surface area contributed by atoms with Crippen molar-refractivity contribution in [2.45, 2.75) is 13.0 Å². The van der Waals surface area contributed by atoms with Gasteiger partial charge in [0.05, 0.1) is 11.9 Å². The average Bonchev–Trinajstić information content (AvgIpc) is 2.96. The Kier molecular flexibility index (Phi) is 4.70. The summed E-state index contributed by atoms with van der Waals surface area (Å²) in [7, 11) is 3.75. The van der Waals surface area contributed by atoms with E-state index in [9.17, 15) is 4.79 Å². The number of carbonyl (C=O) groups excluding carboxylic acids is 1. The van der Waals surface area contributed by atoms with Gasteiger partial charge in [0, 0.05) is 45.8 Å². The fourth-order valence-corrected chi connectivity index (χ4v) is 1.91. The number of anilines is 1. The SMILES string of the molecule is CN(C)c1ncccc1C(=O)NCCCn1ccnc1. The number of nitrogens with one attached hydrogen (secondary N) is 1. The van der Waals surface area contributed by atoms with Crippen LogP contribution in [0.2, 0.25) is 0 Å². The Labute approximate surface area is 118 Å². The van der Waals surface area contributed by atoms with Gasteiger partial charge in [-0.15, -0.1) is 0 Å². The van der Waals surface area contributed by atoms with Gasteiger partial charge in [0.25, 0.3) is 5.91 Å². The lowest BCUT2D eigenvalue weighted by atomic mass is 10.2. The summed E-state index contributed by atoms with van der Waals surface area (Å²) in [6.45, 7) is 1.46. The molecule has 0 unspecified atom stereocenters. The molecule has 6 heteroatoms. The molecule has 2 heterocycles. The monoisotopic (exact) mass is 273 g/mol. The molecule has 106 valence electrons. The molecule has 1 amide bonds. The summed E-state index contributed by atoms with van der Waals surface area (Å²) < 4.78 is 1.99. The molecule has 0 saturated heterocycles. The molecule has 20 heavy (non-hydrogen) atoms. The molecule has 0 aliphatic rings. The molecule has 0 fully saturated rings. The van der Waals surface area contributed by atoms with Gasteiger partial charge in [-0.1, -0.05) is 0 Å². The van der Waals surface area contributed by atoms with Gasteiger partial charge in [-0.25, -0.2) is 9.97 Å². The van der Waals surface area contributed by atoms with E-state index in [2.05, 4.69) is 15.3 Å². The number of rotatable bonds is 6.